The van der Waals surface area contributed by atoms with Crippen molar-refractivity contribution < 1.29 is 9.53 Å². The van der Waals surface area contributed by atoms with Crippen LogP contribution in [0, 0.1) is 0 Å². The molecular formula is C15H23NO2S. The monoisotopic (exact) mass is 281 g/mol. The molecule has 0 saturated carbocycles. The van der Waals surface area contributed by atoms with E-state index in [0.717, 1.165) is 24.2 Å². The number of thiol groups is 1. The van der Waals surface area contributed by atoms with E-state index >= 15 is 0 Å². The first kappa shape index (κ1) is 15.9. The molecule has 0 heterocycles. The number of benzene rings is 1. The van der Waals surface area contributed by atoms with E-state index in [4.69, 9.17) is 4.74 Å². The van der Waals surface area contributed by atoms with Gasteiger partial charge in [-0.25, -0.2) is 4.79 Å². The van der Waals surface area contributed by atoms with E-state index in [2.05, 4.69) is 30.1 Å². The van der Waals surface area contributed by atoms with Gasteiger partial charge < -0.3 is 10.1 Å². The summed E-state index contributed by atoms with van der Waals surface area (Å²) in [4.78, 5) is 12.4. The van der Waals surface area contributed by atoms with Gasteiger partial charge in [0.1, 0.15) is 5.60 Å². The number of hydrogen-bond donors (Lipinski definition) is 2. The van der Waals surface area contributed by atoms with Crippen LogP contribution in [0.4, 0.5) is 4.79 Å². The van der Waals surface area contributed by atoms with Gasteiger partial charge >= 0.3 is 6.09 Å². The maximum absolute atomic E-state index is 11.4. The molecule has 0 aliphatic rings. The largest absolute Gasteiger partial charge is 0.444 e. The average molecular weight is 281 g/mol. The fourth-order valence-corrected chi connectivity index (χ4v) is 1.77. The molecule has 1 aromatic carbocycles. The Morgan fingerprint density at radius 2 is 1.84 bits per heavy atom. The van der Waals surface area contributed by atoms with Gasteiger partial charge in [0.05, 0.1) is 0 Å². The minimum absolute atomic E-state index is 0.341. The number of unbranched alkanes of at least 4 members (excludes halogenated alkanes) is 1. The van der Waals surface area contributed by atoms with Crippen LogP contribution in [0.5, 0.6) is 0 Å². The zero-order valence-electron chi connectivity index (χ0n) is 11.9. The first-order valence-corrected chi connectivity index (χ1v) is 7.06. The van der Waals surface area contributed by atoms with Crippen molar-refractivity contribution in [3.63, 3.8) is 0 Å². The molecule has 19 heavy (non-hydrogen) atoms. The molecule has 0 spiro atoms. The highest BCUT2D eigenvalue weighted by Crippen LogP contribution is 2.10. The van der Waals surface area contributed by atoms with Gasteiger partial charge in [0.25, 0.3) is 0 Å². The first-order chi connectivity index (χ1) is 8.87. The number of nitrogens with one attached hydrogen (secondary N) is 1. The second kappa shape index (κ2) is 7.43. The molecule has 0 radical (unpaired) electrons. The first-order valence-electron chi connectivity index (χ1n) is 6.61. The molecular weight excluding hydrogens is 258 g/mol. The second-order valence-electron chi connectivity index (χ2n) is 5.55. The summed E-state index contributed by atoms with van der Waals surface area (Å²) in [6.45, 7) is 6.23. The Morgan fingerprint density at radius 1 is 1.21 bits per heavy atom. The van der Waals surface area contributed by atoms with Crippen molar-refractivity contribution in [2.45, 2.75) is 50.5 Å². The van der Waals surface area contributed by atoms with E-state index in [1.807, 2.05) is 32.9 Å². The SMILES string of the molecule is CC(C)(C)OC(=O)NCCCCc1ccc(S)cc1. The predicted octanol–water partition coefficient (Wildman–Crippen LogP) is 3.82. The average Bonchev–Trinajstić information content (AvgIpc) is 2.29. The molecule has 3 nitrogen and oxygen atoms in total. The molecule has 0 aromatic heterocycles. The Hall–Kier alpha value is -1.16. The molecule has 1 amide bonds. The van der Waals surface area contributed by atoms with Crippen LogP contribution in [-0.2, 0) is 11.2 Å². The van der Waals surface area contributed by atoms with Crippen molar-refractivity contribution in [1.82, 2.24) is 5.32 Å². The molecule has 0 fully saturated rings. The summed E-state index contributed by atoms with van der Waals surface area (Å²) >= 11 is 4.25. The quantitative estimate of drug-likeness (QED) is 0.636. The third kappa shape index (κ3) is 7.78. The van der Waals surface area contributed by atoms with Gasteiger partial charge in [0, 0.05) is 11.4 Å². The fraction of sp³-hybridized carbons (Fsp3) is 0.533. The lowest BCUT2D eigenvalue weighted by molar-refractivity contribution is 0.0527. The van der Waals surface area contributed by atoms with Crippen molar-refractivity contribution in [3.8, 4) is 0 Å². The number of carbonyl (C=O) groups excluding carboxylic acids is 1. The number of alkyl carbamates (subject to hydrolysis) is 1. The Labute approximate surface area is 121 Å². The van der Waals surface area contributed by atoms with Crippen molar-refractivity contribution >= 4 is 18.7 Å². The normalized spacial score (nSPS) is 11.2. The van der Waals surface area contributed by atoms with Crippen LogP contribution in [0.2, 0.25) is 0 Å². The van der Waals surface area contributed by atoms with Gasteiger partial charge in [-0.3, -0.25) is 0 Å². The zero-order chi connectivity index (χ0) is 14.3. The van der Waals surface area contributed by atoms with E-state index in [9.17, 15) is 4.79 Å². The van der Waals surface area contributed by atoms with Crippen molar-refractivity contribution in [3.05, 3.63) is 29.8 Å². The lowest BCUT2D eigenvalue weighted by Gasteiger charge is -2.19. The number of aryl methyl sites for hydroxylation is 1. The van der Waals surface area contributed by atoms with Crippen LogP contribution < -0.4 is 5.32 Å². The molecule has 0 aliphatic carbocycles. The standard InChI is InChI=1S/C15H23NO2S/c1-15(2,3)18-14(17)16-11-5-4-6-12-7-9-13(19)10-8-12/h7-10,19H,4-6,11H2,1-3H3,(H,16,17). The van der Waals surface area contributed by atoms with Gasteiger partial charge in [-0.2, -0.15) is 0 Å². The number of rotatable bonds is 5. The van der Waals surface area contributed by atoms with Crippen molar-refractivity contribution in [2.75, 3.05) is 6.54 Å². The van der Waals surface area contributed by atoms with Gasteiger partial charge in [-0.05, 0) is 57.7 Å². The topological polar surface area (TPSA) is 38.3 Å². The third-order valence-electron chi connectivity index (χ3n) is 2.50. The second-order valence-corrected chi connectivity index (χ2v) is 6.07. The lowest BCUT2D eigenvalue weighted by atomic mass is 10.1. The van der Waals surface area contributed by atoms with Crippen LogP contribution in [0.3, 0.4) is 0 Å². The summed E-state index contributed by atoms with van der Waals surface area (Å²) < 4.78 is 5.16. The van der Waals surface area contributed by atoms with Gasteiger partial charge in [-0.15, -0.1) is 12.6 Å². The Bertz CT molecular complexity index is 396. The molecule has 0 bridgehead atoms. The highest BCUT2D eigenvalue weighted by atomic mass is 32.1. The third-order valence-corrected chi connectivity index (χ3v) is 2.79. The van der Waals surface area contributed by atoms with Gasteiger partial charge in [0.15, 0.2) is 0 Å². The number of ether oxygens (including phenoxy) is 1. The minimum atomic E-state index is -0.432. The predicted molar refractivity (Wildman–Crippen MR) is 80.9 cm³/mol. The Balaban J connectivity index is 2.11. The number of carbonyl (C=O) groups is 1. The van der Waals surface area contributed by atoms with E-state index in [1.54, 1.807) is 0 Å². The summed E-state index contributed by atoms with van der Waals surface area (Å²) in [5.41, 5.74) is 0.869. The van der Waals surface area contributed by atoms with Crippen LogP contribution in [0.15, 0.2) is 29.2 Å². The van der Waals surface area contributed by atoms with Crippen LogP contribution >= 0.6 is 12.6 Å². The maximum Gasteiger partial charge on any atom is 0.407 e. The van der Waals surface area contributed by atoms with E-state index in [1.165, 1.54) is 5.56 Å². The Morgan fingerprint density at radius 3 is 2.42 bits per heavy atom. The van der Waals surface area contributed by atoms with Crippen LogP contribution in [0.25, 0.3) is 0 Å². The van der Waals surface area contributed by atoms with E-state index in [0.29, 0.717) is 6.54 Å². The summed E-state index contributed by atoms with van der Waals surface area (Å²) in [6.07, 6.45) is 2.67. The molecule has 0 unspecified atom stereocenters. The van der Waals surface area contributed by atoms with Crippen molar-refractivity contribution in [1.29, 1.82) is 0 Å². The molecule has 1 rings (SSSR count). The highest BCUT2D eigenvalue weighted by molar-refractivity contribution is 7.80. The molecule has 0 saturated heterocycles. The minimum Gasteiger partial charge on any atom is -0.444 e. The van der Waals surface area contributed by atoms with E-state index < -0.39 is 5.60 Å². The van der Waals surface area contributed by atoms with Crippen LogP contribution in [0.1, 0.15) is 39.2 Å². The molecule has 0 aliphatic heterocycles. The summed E-state index contributed by atoms with van der Waals surface area (Å²) in [7, 11) is 0. The Kier molecular flexibility index (Phi) is 6.22. The van der Waals surface area contributed by atoms with E-state index in [-0.39, 0.29) is 6.09 Å². The lowest BCUT2D eigenvalue weighted by Crippen LogP contribution is -2.33. The summed E-state index contributed by atoms with van der Waals surface area (Å²) in [5.74, 6) is 0. The fourth-order valence-electron chi connectivity index (χ4n) is 1.62. The van der Waals surface area contributed by atoms with Gasteiger partial charge in [0.2, 0.25) is 0 Å². The van der Waals surface area contributed by atoms with Crippen LogP contribution in [-0.4, -0.2) is 18.2 Å². The molecule has 4 heteroatoms. The number of amides is 1. The van der Waals surface area contributed by atoms with Gasteiger partial charge in [-0.1, -0.05) is 12.1 Å². The molecule has 0 atom stereocenters. The molecule has 1 N–H and O–H groups in total. The zero-order valence-corrected chi connectivity index (χ0v) is 12.8. The smallest absolute Gasteiger partial charge is 0.407 e. The molecule has 1 aromatic rings. The van der Waals surface area contributed by atoms with Crippen molar-refractivity contribution in [2.24, 2.45) is 0 Å². The summed E-state index contributed by atoms with van der Waals surface area (Å²) in [6, 6.07) is 8.17. The summed E-state index contributed by atoms with van der Waals surface area (Å²) in [5, 5.41) is 2.76. The highest BCUT2D eigenvalue weighted by Gasteiger charge is 2.15. The maximum atomic E-state index is 11.4. The number of hydrogen-bond acceptors (Lipinski definition) is 3. The molecule has 106 valence electrons.